The fourth-order valence-corrected chi connectivity index (χ4v) is 1.11. The first-order valence-corrected chi connectivity index (χ1v) is 3.67. The predicted molar refractivity (Wildman–Crippen MR) is 41.4 cm³/mol. The summed E-state index contributed by atoms with van der Waals surface area (Å²) in [6, 6.07) is 0. The van der Waals surface area contributed by atoms with Gasteiger partial charge in [0.1, 0.15) is 0 Å². The van der Waals surface area contributed by atoms with Crippen molar-refractivity contribution in [1.29, 1.82) is 0 Å². The summed E-state index contributed by atoms with van der Waals surface area (Å²) in [5.41, 5.74) is 0.152. The van der Waals surface area contributed by atoms with E-state index in [-0.39, 0.29) is 5.54 Å². The summed E-state index contributed by atoms with van der Waals surface area (Å²) < 4.78 is 0. The molecule has 1 aliphatic heterocycles. The highest BCUT2D eigenvalue weighted by Crippen LogP contribution is 2.16. The lowest BCUT2D eigenvalue weighted by Gasteiger charge is -2.32. The first-order valence-electron chi connectivity index (χ1n) is 3.67. The molecule has 0 bridgehead atoms. The van der Waals surface area contributed by atoms with Crippen molar-refractivity contribution in [2.24, 2.45) is 0 Å². The molecule has 10 heavy (non-hydrogen) atoms. The minimum absolute atomic E-state index is 0.152. The Bertz CT molecular complexity index is 119. The van der Waals surface area contributed by atoms with Gasteiger partial charge in [-0.25, -0.2) is 0 Å². The lowest BCUT2D eigenvalue weighted by Crippen LogP contribution is -2.40. The molecule has 0 aromatic rings. The van der Waals surface area contributed by atoms with E-state index in [2.05, 4.69) is 25.7 Å². The molecular formula is C7H15N2O-. The monoisotopic (exact) mass is 143 g/mol. The third-order valence-electron chi connectivity index (χ3n) is 1.90. The van der Waals surface area contributed by atoms with E-state index in [9.17, 15) is 5.21 Å². The maximum absolute atomic E-state index is 10.8. The van der Waals surface area contributed by atoms with Crippen molar-refractivity contribution < 1.29 is 0 Å². The second-order valence-electron chi connectivity index (χ2n) is 3.78. The summed E-state index contributed by atoms with van der Waals surface area (Å²) in [6.07, 6.45) is 0. The number of hydroxylamine groups is 2. The molecule has 60 valence electrons. The molecule has 3 heteroatoms. The third kappa shape index (κ3) is 1.68. The van der Waals surface area contributed by atoms with E-state index >= 15 is 0 Å². The molecule has 0 aliphatic carbocycles. The quantitative estimate of drug-likeness (QED) is 0.503. The van der Waals surface area contributed by atoms with Gasteiger partial charge in [-0.2, -0.15) is 0 Å². The maximum atomic E-state index is 10.8. The number of nitrogens with zero attached hydrogens (tertiary/aromatic N) is 2. The van der Waals surface area contributed by atoms with E-state index in [0.717, 1.165) is 11.6 Å². The molecule has 3 nitrogen and oxygen atoms in total. The molecule has 0 spiro atoms. The first kappa shape index (κ1) is 7.98. The van der Waals surface area contributed by atoms with Crippen LogP contribution in [0.4, 0.5) is 0 Å². The molecule has 1 aliphatic rings. The molecular weight excluding hydrogens is 128 g/mol. The molecule has 0 unspecified atom stereocenters. The van der Waals surface area contributed by atoms with E-state index in [1.165, 1.54) is 0 Å². The highest BCUT2D eigenvalue weighted by molar-refractivity contribution is 4.81. The highest BCUT2D eigenvalue weighted by Gasteiger charge is 2.24. The largest absolute Gasteiger partial charge is 0.784 e. The highest BCUT2D eigenvalue weighted by atomic mass is 16.5. The summed E-state index contributed by atoms with van der Waals surface area (Å²) in [5.74, 6) is 0. The van der Waals surface area contributed by atoms with Gasteiger partial charge in [0.05, 0.1) is 0 Å². The average molecular weight is 143 g/mol. The van der Waals surface area contributed by atoms with Crippen molar-refractivity contribution in [3.05, 3.63) is 5.21 Å². The topological polar surface area (TPSA) is 29.5 Å². The second kappa shape index (κ2) is 2.49. The average Bonchev–Trinajstić information content (AvgIpc) is 2.11. The van der Waals surface area contributed by atoms with Crippen molar-refractivity contribution in [2.45, 2.75) is 26.3 Å². The Hall–Kier alpha value is -0.120. The fourth-order valence-electron chi connectivity index (χ4n) is 1.11. The second-order valence-corrected chi connectivity index (χ2v) is 3.78. The van der Waals surface area contributed by atoms with Gasteiger partial charge < -0.3 is 10.3 Å². The van der Waals surface area contributed by atoms with Crippen LogP contribution in [0, 0.1) is 5.21 Å². The van der Waals surface area contributed by atoms with Crippen LogP contribution in [0.25, 0.3) is 0 Å². The zero-order chi connectivity index (χ0) is 7.78. The summed E-state index contributed by atoms with van der Waals surface area (Å²) in [6.45, 7) is 8.54. The summed E-state index contributed by atoms with van der Waals surface area (Å²) in [5, 5.41) is 11.9. The molecule has 0 aromatic heterocycles. The lowest BCUT2D eigenvalue weighted by atomic mass is 10.1. The van der Waals surface area contributed by atoms with Gasteiger partial charge in [-0.05, 0) is 27.3 Å². The summed E-state index contributed by atoms with van der Waals surface area (Å²) in [4.78, 5) is 2.18. The minimum atomic E-state index is 0.152. The minimum Gasteiger partial charge on any atom is -0.784 e. The Balaban J connectivity index is 2.45. The van der Waals surface area contributed by atoms with Crippen LogP contribution in [0.3, 0.4) is 0 Å². The molecule has 0 N–H and O–H groups in total. The van der Waals surface area contributed by atoms with E-state index < -0.39 is 0 Å². The van der Waals surface area contributed by atoms with E-state index in [1.54, 1.807) is 0 Å². The fraction of sp³-hybridized carbons (Fsp3) is 1.00. The van der Waals surface area contributed by atoms with Crippen LogP contribution in [0.5, 0.6) is 0 Å². The van der Waals surface area contributed by atoms with Crippen LogP contribution < -0.4 is 0 Å². The molecule has 1 fully saturated rings. The first-order chi connectivity index (χ1) is 4.50. The molecule has 1 saturated heterocycles. The number of hydrogen-bond donors (Lipinski definition) is 0. The Morgan fingerprint density at radius 1 is 1.20 bits per heavy atom. The molecule has 0 radical (unpaired) electrons. The predicted octanol–water partition coefficient (Wildman–Crippen LogP) is 0.858. The van der Waals surface area contributed by atoms with Gasteiger partial charge in [0, 0.05) is 18.8 Å². The van der Waals surface area contributed by atoms with Crippen LogP contribution in [-0.4, -0.2) is 35.3 Å². The van der Waals surface area contributed by atoms with Crippen molar-refractivity contribution in [3.8, 4) is 0 Å². The van der Waals surface area contributed by atoms with Crippen molar-refractivity contribution >= 4 is 0 Å². The van der Waals surface area contributed by atoms with Crippen LogP contribution in [0.1, 0.15) is 20.8 Å². The van der Waals surface area contributed by atoms with Gasteiger partial charge in [-0.1, -0.05) is 0 Å². The zero-order valence-corrected chi connectivity index (χ0v) is 6.92. The Kier molecular flexibility index (Phi) is 1.99. The van der Waals surface area contributed by atoms with Crippen molar-refractivity contribution in [1.82, 2.24) is 9.96 Å². The number of rotatable bonds is 0. The van der Waals surface area contributed by atoms with Gasteiger partial charge in [0.25, 0.3) is 0 Å². The third-order valence-corrected chi connectivity index (χ3v) is 1.90. The molecule has 0 amide bonds. The summed E-state index contributed by atoms with van der Waals surface area (Å²) >= 11 is 0. The van der Waals surface area contributed by atoms with E-state index in [4.69, 9.17) is 0 Å². The smallest absolute Gasteiger partial charge is 0.0397 e. The molecule has 1 heterocycles. The molecule has 0 saturated carbocycles. The van der Waals surface area contributed by atoms with Crippen LogP contribution >= 0.6 is 0 Å². The molecule has 0 atom stereocenters. The van der Waals surface area contributed by atoms with E-state index in [1.807, 2.05) is 0 Å². The van der Waals surface area contributed by atoms with Crippen LogP contribution in [0.2, 0.25) is 0 Å². The Morgan fingerprint density at radius 3 is 2.00 bits per heavy atom. The van der Waals surface area contributed by atoms with Gasteiger partial charge >= 0.3 is 0 Å². The van der Waals surface area contributed by atoms with Crippen LogP contribution in [-0.2, 0) is 0 Å². The Labute approximate surface area is 62.2 Å². The van der Waals surface area contributed by atoms with Gasteiger partial charge in [-0.3, -0.25) is 4.90 Å². The van der Waals surface area contributed by atoms with E-state index in [0.29, 0.717) is 13.2 Å². The van der Waals surface area contributed by atoms with Gasteiger partial charge in [0.15, 0.2) is 0 Å². The molecule has 0 aromatic carbocycles. The SMILES string of the molecule is CC(C)(C)N1CCN([O-])C1. The lowest BCUT2D eigenvalue weighted by molar-refractivity contribution is 0.154. The van der Waals surface area contributed by atoms with Crippen molar-refractivity contribution in [3.63, 3.8) is 0 Å². The maximum Gasteiger partial charge on any atom is 0.0397 e. The standard InChI is InChI=1S/C7H15N2O/c1-7(2,3)8-4-5-9(10)6-8/h4-6H2,1-3H3/q-1. The van der Waals surface area contributed by atoms with Gasteiger partial charge in [0.2, 0.25) is 0 Å². The Morgan fingerprint density at radius 2 is 1.80 bits per heavy atom. The molecule has 1 rings (SSSR count). The normalized spacial score (nSPS) is 24.0. The number of hydrogen-bond acceptors (Lipinski definition) is 3. The zero-order valence-electron chi connectivity index (χ0n) is 6.92. The van der Waals surface area contributed by atoms with Crippen molar-refractivity contribution in [2.75, 3.05) is 19.8 Å². The van der Waals surface area contributed by atoms with Gasteiger partial charge in [-0.15, -0.1) is 0 Å². The summed E-state index contributed by atoms with van der Waals surface area (Å²) in [7, 11) is 0. The van der Waals surface area contributed by atoms with Crippen LogP contribution in [0.15, 0.2) is 0 Å².